The van der Waals surface area contributed by atoms with Crippen LogP contribution in [0, 0.1) is 0 Å². The van der Waals surface area contributed by atoms with Gasteiger partial charge in [-0.05, 0) is 31.0 Å². The Morgan fingerprint density at radius 2 is 2.00 bits per heavy atom. The zero-order valence-corrected chi connectivity index (χ0v) is 10.9. The van der Waals surface area contributed by atoms with E-state index in [1.165, 1.54) is 32.1 Å². The second-order valence-corrected chi connectivity index (χ2v) is 5.14. The van der Waals surface area contributed by atoms with Crippen LogP contribution in [0.2, 0.25) is 5.02 Å². The first-order valence-electron chi connectivity index (χ1n) is 6.20. The number of anilines is 1. The average Bonchev–Trinajstić information content (AvgIpc) is 2.39. The highest BCUT2D eigenvalue weighted by Crippen LogP contribution is 2.31. The molecule has 1 aliphatic carbocycles. The summed E-state index contributed by atoms with van der Waals surface area (Å²) >= 11 is 6.22. The maximum absolute atomic E-state index is 10.7. The van der Waals surface area contributed by atoms with Crippen LogP contribution in [0.3, 0.4) is 0 Å². The van der Waals surface area contributed by atoms with Crippen LogP contribution < -0.4 is 4.90 Å². The molecule has 0 aromatic heterocycles. The highest BCUT2D eigenvalue weighted by Gasteiger charge is 2.19. The molecule has 1 aliphatic rings. The Kier molecular flexibility index (Phi) is 4.06. The number of hydrogen-bond acceptors (Lipinski definition) is 2. The molecular weight excluding hydrogens is 234 g/mol. The summed E-state index contributed by atoms with van der Waals surface area (Å²) in [5.41, 5.74) is 1.67. The van der Waals surface area contributed by atoms with Crippen LogP contribution in [0.4, 0.5) is 5.69 Å². The van der Waals surface area contributed by atoms with Gasteiger partial charge in [0, 0.05) is 18.7 Å². The fraction of sp³-hybridized carbons (Fsp3) is 0.500. The normalized spacial score (nSPS) is 16.8. The average molecular weight is 252 g/mol. The van der Waals surface area contributed by atoms with Crippen molar-refractivity contribution in [3.05, 3.63) is 28.8 Å². The maximum atomic E-state index is 10.7. The molecule has 0 N–H and O–H groups in total. The molecule has 17 heavy (non-hydrogen) atoms. The van der Waals surface area contributed by atoms with Gasteiger partial charge in [-0.25, -0.2) is 0 Å². The maximum Gasteiger partial charge on any atom is 0.150 e. The van der Waals surface area contributed by atoms with Crippen LogP contribution in [0.1, 0.15) is 42.5 Å². The van der Waals surface area contributed by atoms with E-state index in [-0.39, 0.29) is 0 Å². The zero-order chi connectivity index (χ0) is 12.3. The molecule has 0 heterocycles. The highest BCUT2D eigenvalue weighted by atomic mass is 35.5. The quantitative estimate of drug-likeness (QED) is 0.759. The van der Waals surface area contributed by atoms with E-state index in [1.54, 1.807) is 6.07 Å². The number of rotatable bonds is 3. The zero-order valence-electron chi connectivity index (χ0n) is 10.2. The molecule has 1 fully saturated rings. The van der Waals surface area contributed by atoms with Gasteiger partial charge in [0.1, 0.15) is 6.29 Å². The molecule has 0 atom stereocenters. The minimum Gasteiger partial charge on any atom is -0.370 e. The standard InChI is InChI=1S/C14H18ClNO/c1-16(12-5-3-2-4-6-12)14-8-7-11(10-17)9-13(14)15/h7-10,12H,2-6H2,1H3. The van der Waals surface area contributed by atoms with Crippen LogP contribution in [0.5, 0.6) is 0 Å². The number of carbonyl (C=O) groups excluding carboxylic acids is 1. The Labute approximate surface area is 108 Å². The first kappa shape index (κ1) is 12.4. The van der Waals surface area contributed by atoms with Gasteiger partial charge in [-0.2, -0.15) is 0 Å². The molecule has 2 nitrogen and oxygen atoms in total. The lowest BCUT2D eigenvalue weighted by atomic mass is 9.94. The fourth-order valence-electron chi connectivity index (χ4n) is 2.55. The Bertz CT molecular complexity index is 399. The van der Waals surface area contributed by atoms with Gasteiger partial charge < -0.3 is 4.90 Å². The van der Waals surface area contributed by atoms with Gasteiger partial charge in [-0.3, -0.25) is 4.79 Å². The molecule has 0 aliphatic heterocycles. The predicted molar refractivity (Wildman–Crippen MR) is 72.1 cm³/mol. The fourth-order valence-corrected chi connectivity index (χ4v) is 2.87. The SMILES string of the molecule is CN(c1ccc(C=O)cc1Cl)C1CCCCC1. The van der Waals surface area contributed by atoms with Crippen LogP contribution in [-0.4, -0.2) is 19.4 Å². The second-order valence-electron chi connectivity index (χ2n) is 4.73. The van der Waals surface area contributed by atoms with Crippen LogP contribution >= 0.6 is 11.6 Å². The summed E-state index contributed by atoms with van der Waals surface area (Å²) in [6, 6.07) is 6.10. The van der Waals surface area contributed by atoms with Crippen molar-refractivity contribution in [1.29, 1.82) is 0 Å². The third kappa shape index (κ3) is 2.81. The lowest BCUT2D eigenvalue weighted by Gasteiger charge is -2.33. The molecular formula is C14H18ClNO. The molecule has 0 spiro atoms. The lowest BCUT2D eigenvalue weighted by molar-refractivity contribution is 0.112. The van der Waals surface area contributed by atoms with Crippen molar-refractivity contribution in [1.82, 2.24) is 0 Å². The molecule has 1 aromatic carbocycles. The number of aldehydes is 1. The molecule has 0 radical (unpaired) electrons. The van der Waals surface area contributed by atoms with Crippen LogP contribution in [0.25, 0.3) is 0 Å². The second kappa shape index (κ2) is 5.54. The van der Waals surface area contributed by atoms with E-state index in [1.807, 2.05) is 12.1 Å². The van der Waals surface area contributed by atoms with Gasteiger partial charge in [-0.1, -0.05) is 30.9 Å². The molecule has 1 saturated carbocycles. The molecule has 0 unspecified atom stereocenters. The van der Waals surface area contributed by atoms with E-state index in [4.69, 9.17) is 11.6 Å². The van der Waals surface area contributed by atoms with Gasteiger partial charge in [0.05, 0.1) is 10.7 Å². The molecule has 1 aromatic rings. The van der Waals surface area contributed by atoms with E-state index < -0.39 is 0 Å². The van der Waals surface area contributed by atoms with Crippen LogP contribution in [-0.2, 0) is 0 Å². The van der Waals surface area contributed by atoms with Crippen molar-refractivity contribution in [3.63, 3.8) is 0 Å². The first-order valence-corrected chi connectivity index (χ1v) is 6.57. The largest absolute Gasteiger partial charge is 0.370 e. The third-order valence-electron chi connectivity index (χ3n) is 3.61. The van der Waals surface area contributed by atoms with Gasteiger partial charge in [0.2, 0.25) is 0 Å². The van der Waals surface area contributed by atoms with E-state index in [2.05, 4.69) is 11.9 Å². The van der Waals surface area contributed by atoms with E-state index >= 15 is 0 Å². The summed E-state index contributed by atoms with van der Waals surface area (Å²) in [7, 11) is 2.10. The Hall–Kier alpha value is -1.02. The Morgan fingerprint density at radius 3 is 2.59 bits per heavy atom. The van der Waals surface area contributed by atoms with E-state index in [9.17, 15) is 4.79 Å². The van der Waals surface area contributed by atoms with E-state index in [0.717, 1.165) is 12.0 Å². The summed E-state index contributed by atoms with van der Waals surface area (Å²) in [6.45, 7) is 0. The van der Waals surface area contributed by atoms with Crippen molar-refractivity contribution < 1.29 is 4.79 Å². The molecule has 2 rings (SSSR count). The number of halogens is 1. The van der Waals surface area contributed by atoms with Crippen molar-refractivity contribution in [2.75, 3.05) is 11.9 Å². The first-order chi connectivity index (χ1) is 8.22. The lowest BCUT2D eigenvalue weighted by Crippen LogP contribution is -2.33. The number of benzene rings is 1. The van der Waals surface area contributed by atoms with Crippen molar-refractivity contribution >= 4 is 23.6 Å². The monoisotopic (exact) mass is 251 g/mol. The summed E-state index contributed by atoms with van der Waals surface area (Å²) in [5, 5.41) is 0.669. The van der Waals surface area contributed by atoms with Crippen molar-refractivity contribution in [2.24, 2.45) is 0 Å². The molecule has 0 amide bonds. The number of carbonyl (C=O) groups is 1. The summed E-state index contributed by atoms with van der Waals surface area (Å²) in [6.07, 6.45) is 7.26. The predicted octanol–water partition coefficient (Wildman–Crippen LogP) is 3.92. The minimum atomic E-state index is 0.586. The minimum absolute atomic E-state index is 0.586. The third-order valence-corrected chi connectivity index (χ3v) is 3.91. The van der Waals surface area contributed by atoms with Gasteiger partial charge in [0.15, 0.2) is 0 Å². The van der Waals surface area contributed by atoms with Crippen LogP contribution in [0.15, 0.2) is 18.2 Å². The topological polar surface area (TPSA) is 20.3 Å². The van der Waals surface area contributed by atoms with Gasteiger partial charge in [0.25, 0.3) is 0 Å². The molecule has 3 heteroatoms. The molecule has 0 saturated heterocycles. The van der Waals surface area contributed by atoms with Crippen molar-refractivity contribution in [2.45, 2.75) is 38.1 Å². The Morgan fingerprint density at radius 1 is 1.29 bits per heavy atom. The van der Waals surface area contributed by atoms with Gasteiger partial charge >= 0.3 is 0 Å². The molecule has 92 valence electrons. The molecule has 0 bridgehead atoms. The Balaban J connectivity index is 2.17. The van der Waals surface area contributed by atoms with E-state index in [0.29, 0.717) is 16.6 Å². The summed E-state index contributed by atoms with van der Waals surface area (Å²) in [5.74, 6) is 0. The van der Waals surface area contributed by atoms with Gasteiger partial charge in [-0.15, -0.1) is 0 Å². The summed E-state index contributed by atoms with van der Waals surface area (Å²) < 4.78 is 0. The number of hydrogen-bond donors (Lipinski definition) is 0. The summed E-state index contributed by atoms with van der Waals surface area (Å²) in [4.78, 5) is 12.9. The van der Waals surface area contributed by atoms with Crippen molar-refractivity contribution in [3.8, 4) is 0 Å². The smallest absolute Gasteiger partial charge is 0.150 e. The number of nitrogens with zero attached hydrogens (tertiary/aromatic N) is 1. The highest BCUT2D eigenvalue weighted by molar-refractivity contribution is 6.33.